The fourth-order valence-electron chi connectivity index (χ4n) is 1.51. The van der Waals surface area contributed by atoms with Crippen molar-refractivity contribution in [3.05, 3.63) is 23.8 Å². The van der Waals surface area contributed by atoms with Crippen LogP contribution in [0.15, 0.2) is 18.2 Å². The van der Waals surface area contributed by atoms with E-state index in [1.165, 1.54) is 26.3 Å². The maximum Gasteiger partial charge on any atom is 0.387 e. The average molecular weight is 267 g/mol. The molecular formula is C11H13F4NO2. The number of hydrogen-bond acceptors (Lipinski definition) is 3. The fraction of sp³-hybridized carbons (Fsp3) is 0.455. The molecule has 0 aromatic heterocycles. The van der Waals surface area contributed by atoms with E-state index in [9.17, 15) is 17.6 Å². The number of rotatable bonds is 6. The predicted molar refractivity (Wildman–Crippen MR) is 57.4 cm³/mol. The summed E-state index contributed by atoms with van der Waals surface area (Å²) in [5.41, 5.74) is 0.143. The van der Waals surface area contributed by atoms with Gasteiger partial charge in [-0.25, -0.2) is 8.78 Å². The van der Waals surface area contributed by atoms with Gasteiger partial charge in [0.15, 0.2) is 11.5 Å². The molecule has 0 bridgehead atoms. The normalized spacial score (nSPS) is 12.9. The first-order valence-corrected chi connectivity index (χ1v) is 5.07. The van der Waals surface area contributed by atoms with Crippen molar-refractivity contribution in [2.45, 2.75) is 19.1 Å². The maximum absolute atomic E-state index is 12.7. The van der Waals surface area contributed by atoms with E-state index in [1.54, 1.807) is 0 Å². The molecule has 1 atom stereocenters. The maximum atomic E-state index is 12.7. The molecule has 7 heteroatoms. The van der Waals surface area contributed by atoms with Gasteiger partial charge in [0.2, 0.25) is 0 Å². The molecule has 0 heterocycles. The summed E-state index contributed by atoms with van der Waals surface area (Å²) in [4.78, 5) is 0. The van der Waals surface area contributed by atoms with Crippen LogP contribution in [0.1, 0.15) is 11.6 Å². The van der Waals surface area contributed by atoms with Crippen LogP contribution < -0.4 is 14.8 Å². The van der Waals surface area contributed by atoms with Crippen molar-refractivity contribution in [3.8, 4) is 11.5 Å². The second-order valence-electron chi connectivity index (χ2n) is 3.39. The van der Waals surface area contributed by atoms with Gasteiger partial charge in [0.05, 0.1) is 13.2 Å². The van der Waals surface area contributed by atoms with Crippen molar-refractivity contribution in [1.29, 1.82) is 0 Å². The highest BCUT2D eigenvalue weighted by molar-refractivity contribution is 5.44. The van der Waals surface area contributed by atoms with Crippen molar-refractivity contribution in [2.24, 2.45) is 0 Å². The molecule has 0 aliphatic carbocycles. The number of nitrogens with one attached hydrogen (secondary N) is 1. The Balaban J connectivity index is 3.08. The lowest BCUT2D eigenvalue weighted by Crippen LogP contribution is -2.23. The zero-order valence-corrected chi connectivity index (χ0v) is 9.79. The van der Waals surface area contributed by atoms with Crippen molar-refractivity contribution in [2.75, 3.05) is 14.2 Å². The van der Waals surface area contributed by atoms with Crippen molar-refractivity contribution >= 4 is 0 Å². The molecule has 1 unspecified atom stereocenters. The molecule has 1 aromatic carbocycles. The van der Waals surface area contributed by atoms with Gasteiger partial charge in [0, 0.05) is 0 Å². The third kappa shape index (κ3) is 3.49. The smallest absolute Gasteiger partial charge is 0.387 e. The number of alkyl halides is 4. The summed E-state index contributed by atoms with van der Waals surface area (Å²) in [6, 6.07) is 2.53. The summed E-state index contributed by atoms with van der Waals surface area (Å²) in [5, 5.41) is 2.40. The van der Waals surface area contributed by atoms with Crippen LogP contribution in [0.5, 0.6) is 11.5 Å². The Hall–Kier alpha value is -1.50. The molecule has 0 radical (unpaired) electrons. The van der Waals surface area contributed by atoms with E-state index in [2.05, 4.69) is 10.1 Å². The summed E-state index contributed by atoms with van der Waals surface area (Å²) >= 11 is 0. The lowest BCUT2D eigenvalue weighted by Gasteiger charge is -2.17. The standard InChI is InChI=1S/C11H13F4NO2/c1-16-9(10(12)13)6-3-4-7(17-2)8(5-6)18-11(14)15/h3-5,9-11,16H,1-2H3. The van der Waals surface area contributed by atoms with Crippen LogP contribution in [0.25, 0.3) is 0 Å². The molecule has 0 fully saturated rings. The fourth-order valence-corrected chi connectivity index (χ4v) is 1.51. The Morgan fingerprint density at radius 2 is 1.78 bits per heavy atom. The molecule has 0 spiro atoms. The van der Waals surface area contributed by atoms with E-state index in [4.69, 9.17) is 4.74 Å². The van der Waals surface area contributed by atoms with E-state index in [0.29, 0.717) is 0 Å². The van der Waals surface area contributed by atoms with Gasteiger partial charge in [0.25, 0.3) is 6.43 Å². The van der Waals surface area contributed by atoms with Gasteiger partial charge in [-0.05, 0) is 24.7 Å². The third-order valence-electron chi connectivity index (χ3n) is 2.33. The zero-order chi connectivity index (χ0) is 13.7. The molecule has 0 aliphatic heterocycles. The van der Waals surface area contributed by atoms with Crippen LogP contribution >= 0.6 is 0 Å². The molecule has 1 N–H and O–H groups in total. The van der Waals surface area contributed by atoms with Crippen molar-refractivity contribution in [1.82, 2.24) is 5.32 Å². The lowest BCUT2D eigenvalue weighted by atomic mass is 10.1. The molecule has 0 saturated carbocycles. The molecule has 102 valence electrons. The summed E-state index contributed by atoms with van der Waals surface area (Å²) in [5.74, 6) is -0.214. The zero-order valence-electron chi connectivity index (χ0n) is 9.79. The van der Waals surface area contributed by atoms with Gasteiger partial charge in [-0.1, -0.05) is 6.07 Å². The van der Waals surface area contributed by atoms with Crippen LogP contribution in [0.4, 0.5) is 17.6 Å². The van der Waals surface area contributed by atoms with Crippen LogP contribution in [-0.4, -0.2) is 27.2 Å². The van der Waals surface area contributed by atoms with E-state index < -0.39 is 19.1 Å². The first kappa shape index (κ1) is 14.6. The minimum absolute atomic E-state index is 0.0585. The van der Waals surface area contributed by atoms with Crippen molar-refractivity contribution in [3.63, 3.8) is 0 Å². The molecule has 0 amide bonds. The predicted octanol–water partition coefficient (Wildman–Crippen LogP) is 2.82. The van der Waals surface area contributed by atoms with Gasteiger partial charge < -0.3 is 14.8 Å². The molecule has 1 rings (SSSR count). The molecule has 1 aromatic rings. The van der Waals surface area contributed by atoms with E-state index >= 15 is 0 Å². The Morgan fingerprint density at radius 1 is 1.11 bits per heavy atom. The van der Waals surface area contributed by atoms with E-state index in [-0.39, 0.29) is 17.1 Å². The third-order valence-corrected chi connectivity index (χ3v) is 2.33. The molecule has 18 heavy (non-hydrogen) atoms. The number of hydrogen-bond donors (Lipinski definition) is 1. The second kappa shape index (κ2) is 6.44. The summed E-state index contributed by atoms with van der Waals surface area (Å²) in [7, 11) is 2.63. The van der Waals surface area contributed by atoms with Gasteiger partial charge >= 0.3 is 6.61 Å². The van der Waals surface area contributed by atoms with Crippen LogP contribution in [0.3, 0.4) is 0 Å². The second-order valence-corrected chi connectivity index (χ2v) is 3.39. The van der Waals surface area contributed by atoms with Gasteiger partial charge in [0.1, 0.15) is 0 Å². The molecular weight excluding hydrogens is 254 g/mol. The summed E-state index contributed by atoms with van der Waals surface area (Å²) in [6.45, 7) is -3.05. The number of halogens is 4. The topological polar surface area (TPSA) is 30.5 Å². The first-order valence-electron chi connectivity index (χ1n) is 5.07. The monoisotopic (exact) mass is 267 g/mol. The van der Waals surface area contributed by atoms with Gasteiger partial charge in [-0.2, -0.15) is 8.78 Å². The van der Waals surface area contributed by atoms with Gasteiger partial charge in [-0.15, -0.1) is 0 Å². The van der Waals surface area contributed by atoms with Crippen LogP contribution in [0, 0.1) is 0 Å². The van der Waals surface area contributed by atoms with E-state index in [0.717, 1.165) is 6.07 Å². The van der Waals surface area contributed by atoms with Crippen molar-refractivity contribution < 1.29 is 27.0 Å². The van der Waals surface area contributed by atoms with E-state index in [1.807, 2.05) is 0 Å². The number of methoxy groups -OCH3 is 1. The summed E-state index contributed by atoms with van der Waals surface area (Å²) < 4.78 is 58.7. The Morgan fingerprint density at radius 3 is 2.22 bits per heavy atom. The highest BCUT2D eigenvalue weighted by Gasteiger charge is 2.22. The average Bonchev–Trinajstić information content (AvgIpc) is 2.29. The van der Waals surface area contributed by atoms with Crippen LogP contribution in [0.2, 0.25) is 0 Å². The molecule has 0 saturated heterocycles. The highest BCUT2D eigenvalue weighted by Crippen LogP contribution is 2.32. The number of ether oxygens (including phenoxy) is 2. The van der Waals surface area contributed by atoms with Crippen LogP contribution in [-0.2, 0) is 0 Å². The highest BCUT2D eigenvalue weighted by atomic mass is 19.3. The first-order chi connectivity index (χ1) is 8.49. The minimum atomic E-state index is -3.05. The number of benzene rings is 1. The quantitative estimate of drug-likeness (QED) is 0.804. The molecule has 3 nitrogen and oxygen atoms in total. The summed E-state index contributed by atoms with van der Waals surface area (Å²) in [6.07, 6.45) is -2.66. The lowest BCUT2D eigenvalue weighted by molar-refractivity contribution is -0.0513. The largest absolute Gasteiger partial charge is 0.493 e. The Kier molecular flexibility index (Phi) is 5.21. The Bertz CT molecular complexity index is 387. The SMILES string of the molecule is CNC(c1ccc(OC)c(OC(F)F)c1)C(F)F. The van der Waals surface area contributed by atoms with Gasteiger partial charge in [-0.3, -0.25) is 0 Å². The molecule has 0 aliphatic rings. The minimum Gasteiger partial charge on any atom is -0.493 e. The Labute approximate surface area is 102 Å².